The van der Waals surface area contributed by atoms with Crippen molar-refractivity contribution < 1.29 is 32.6 Å². The molecule has 0 atom stereocenters. The van der Waals surface area contributed by atoms with Crippen LogP contribution in [0.4, 0.5) is 13.2 Å². The number of benzene rings is 1. The molecular weight excluding hydrogens is 291 g/mol. The predicted octanol–water partition coefficient (Wildman–Crippen LogP) is 2.19. The first kappa shape index (κ1) is 16.8. The minimum Gasteiger partial charge on any atom is -0.497 e. The molecule has 1 amide bonds. The number of hydrogen-bond acceptors (Lipinski definition) is 3. The number of carboxylic acids is 1. The summed E-state index contributed by atoms with van der Waals surface area (Å²) in [7, 11) is 1.25. The molecule has 0 aliphatic heterocycles. The number of nitrogens with one attached hydrogen (secondary N) is 1. The van der Waals surface area contributed by atoms with Crippen molar-refractivity contribution in [3.8, 4) is 5.75 Å². The van der Waals surface area contributed by atoms with Crippen molar-refractivity contribution in [2.45, 2.75) is 25.6 Å². The molecule has 2 N–H and O–H groups in total. The SMILES string of the molecule is COc1ccc(CNC(=O)CCC(=O)O)c(C(F)(F)F)c1. The smallest absolute Gasteiger partial charge is 0.416 e. The van der Waals surface area contributed by atoms with E-state index in [1.165, 1.54) is 19.2 Å². The highest BCUT2D eigenvalue weighted by Crippen LogP contribution is 2.34. The van der Waals surface area contributed by atoms with E-state index in [2.05, 4.69) is 5.32 Å². The van der Waals surface area contributed by atoms with Crippen LogP contribution in [0.2, 0.25) is 0 Å². The third kappa shape index (κ3) is 5.33. The average molecular weight is 305 g/mol. The lowest BCUT2D eigenvalue weighted by Crippen LogP contribution is -2.25. The van der Waals surface area contributed by atoms with Gasteiger partial charge in [0.1, 0.15) is 5.75 Å². The maximum atomic E-state index is 12.9. The molecule has 0 aromatic heterocycles. The van der Waals surface area contributed by atoms with Gasteiger partial charge in [0, 0.05) is 13.0 Å². The van der Waals surface area contributed by atoms with Crippen molar-refractivity contribution in [2.24, 2.45) is 0 Å². The molecular formula is C13H14F3NO4. The number of rotatable bonds is 6. The Morgan fingerprint density at radius 1 is 1.29 bits per heavy atom. The first-order chi connectivity index (χ1) is 9.74. The van der Waals surface area contributed by atoms with Gasteiger partial charge in [0.15, 0.2) is 0 Å². The van der Waals surface area contributed by atoms with E-state index >= 15 is 0 Å². The van der Waals surface area contributed by atoms with Crippen LogP contribution in [0.5, 0.6) is 5.75 Å². The Hall–Kier alpha value is -2.25. The van der Waals surface area contributed by atoms with Gasteiger partial charge in [-0.05, 0) is 17.7 Å². The first-order valence-corrected chi connectivity index (χ1v) is 5.96. The number of carboxylic acid groups (broad SMARTS) is 1. The minimum absolute atomic E-state index is 0.0586. The van der Waals surface area contributed by atoms with Gasteiger partial charge in [0.05, 0.1) is 19.1 Å². The summed E-state index contributed by atoms with van der Waals surface area (Å²) in [6.45, 7) is -0.336. The van der Waals surface area contributed by atoms with Gasteiger partial charge in [-0.2, -0.15) is 13.2 Å². The third-order valence-corrected chi connectivity index (χ3v) is 2.66. The Balaban J connectivity index is 2.79. The van der Waals surface area contributed by atoms with Crippen molar-refractivity contribution >= 4 is 11.9 Å². The van der Waals surface area contributed by atoms with E-state index in [0.29, 0.717) is 0 Å². The van der Waals surface area contributed by atoms with Gasteiger partial charge in [-0.3, -0.25) is 9.59 Å². The molecule has 0 saturated heterocycles. The fourth-order valence-corrected chi connectivity index (χ4v) is 1.60. The molecule has 0 heterocycles. The zero-order chi connectivity index (χ0) is 16.0. The summed E-state index contributed by atoms with van der Waals surface area (Å²) in [5.74, 6) is -1.71. The number of alkyl halides is 3. The number of methoxy groups -OCH3 is 1. The molecule has 5 nitrogen and oxygen atoms in total. The molecule has 116 valence electrons. The lowest BCUT2D eigenvalue weighted by molar-refractivity contribution is -0.138. The summed E-state index contributed by atoms with van der Waals surface area (Å²) in [6, 6.07) is 3.41. The highest BCUT2D eigenvalue weighted by Gasteiger charge is 2.33. The van der Waals surface area contributed by atoms with E-state index in [-0.39, 0.29) is 30.7 Å². The molecule has 8 heteroatoms. The maximum absolute atomic E-state index is 12.9. The van der Waals surface area contributed by atoms with Gasteiger partial charge < -0.3 is 15.2 Å². The van der Waals surface area contributed by atoms with E-state index in [1.54, 1.807) is 0 Å². The monoisotopic (exact) mass is 305 g/mol. The van der Waals surface area contributed by atoms with Crippen LogP contribution in [0.15, 0.2) is 18.2 Å². The summed E-state index contributed by atoms with van der Waals surface area (Å²) in [5.41, 5.74) is -1.02. The molecule has 0 fully saturated rings. The summed E-state index contributed by atoms with van der Waals surface area (Å²) in [6.07, 6.45) is -5.23. The van der Waals surface area contributed by atoms with Crippen molar-refractivity contribution in [1.29, 1.82) is 0 Å². The number of carbonyl (C=O) groups excluding carboxylic acids is 1. The summed E-state index contributed by atoms with van der Waals surface area (Å²) in [4.78, 5) is 21.6. The number of aliphatic carboxylic acids is 1. The number of ether oxygens (including phenoxy) is 1. The number of carbonyl (C=O) groups is 2. The quantitative estimate of drug-likeness (QED) is 0.845. The zero-order valence-corrected chi connectivity index (χ0v) is 11.2. The molecule has 0 aliphatic rings. The van der Waals surface area contributed by atoms with Crippen molar-refractivity contribution in [2.75, 3.05) is 7.11 Å². The van der Waals surface area contributed by atoms with E-state index in [4.69, 9.17) is 9.84 Å². The molecule has 0 bridgehead atoms. The van der Waals surface area contributed by atoms with Crippen molar-refractivity contribution in [1.82, 2.24) is 5.32 Å². The molecule has 0 saturated carbocycles. The fourth-order valence-electron chi connectivity index (χ4n) is 1.60. The van der Waals surface area contributed by atoms with E-state index in [1.807, 2.05) is 0 Å². The minimum atomic E-state index is -4.57. The lowest BCUT2D eigenvalue weighted by Gasteiger charge is -2.14. The Kier molecular flexibility index (Phi) is 5.57. The molecule has 0 aliphatic carbocycles. The Bertz CT molecular complexity index is 529. The largest absolute Gasteiger partial charge is 0.497 e. The van der Waals surface area contributed by atoms with Crippen LogP contribution in [0.1, 0.15) is 24.0 Å². The number of hydrogen-bond donors (Lipinski definition) is 2. The maximum Gasteiger partial charge on any atom is 0.416 e. The van der Waals surface area contributed by atoms with Crippen LogP contribution >= 0.6 is 0 Å². The Morgan fingerprint density at radius 3 is 2.48 bits per heavy atom. The van der Waals surface area contributed by atoms with Crippen LogP contribution in [0.25, 0.3) is 0 Å². The topological polar surface area (TPSA) is 75.6 Å². The molecule has 0 spiro atoms. The van der Waals surface area contributed by atoms with Crippen LogP contribution < -0.4 is 10.1 Å². The van der Waals surface area contributed by atoms with Crippen LogP contribution in [-0.2, 0) is 22.3 Å². The molecule has 1 aromatic carbocycles. The highest BCUT2D eigenvalue weighted by atomic mass is 19.4. The Morgan fingerprint density at radius 2 is 1.95 bits per heavy atom. The number of amides is 1. The lowest BCUT2D eigenvalue weighted by atomic mass is 10.1. The summed E-state index contributed by atoms with van der Waals surface area (Å²) < 4.78 is 43.4. The second-order valence-electron chi connectivity index (χ2n) is 4.19. The van der Waals surface area contributed by atoms with E-state index < -0.39 is 23.6 Å². The van der Waals surface area contributed by atoms with Gasteiger partial charge >= 0.3 is 12.1 Å². The van der Waals surface area contributed by atoms with Crippen LogP contribution in [0.3, 0.4) is 0 Å². The number of halogens is 3. The zero-order valence-electron chi connectivity index (χ0n) is 11.2. The van der Waals surface area contributed by atoms with E-state index in [9.17, 15) is 22.8 Å². The first-order valence-electron chi connectivity index (χ1n) is 5.96. The van der Waals surface area contributed by atoms with Crippen molar-refractivity contribution in [3.05, 3.63) is 29.3 Å². The molecule has 1 aromatic rings. The molecule has 1 rings (SSSR count). The van der Waals surface area contributed by atoms with Gasteiger partial charge in [0.25, 0.3) is 0 Å². The highest BCUT2D eigenvalue weighted by molar-refractivity contribution is 5.80. The second kappa shape index (κ2) is 6.96. The van der Waals surface area contributed by atoms with Gasteiger partial charge in [-0.15, -0.1) is 0 Å². The third-order valence-electron chi connectivity index (χ3n) is 2.66. The molecule has 0 radical (unpaired) electrons. The summed E-state index contributed by atoms with van der Waals surface area (Å²) >= 11 is 0. The fraction of sp³-hybridized carbons (Fsp3) is 0.385. The average Bonchev–Trinajstić information content (AvgIpc) is 2.41. The van der Waals surface area contributed by atoms with Crippen LogP contribution in [-0.4, -0.2) is 24.1 Å². The standard InChI is InChI=1S/C13H14F3NO4/c1-21-9-3-2-8(10(6-9)13(14,15)16)7-17-11(18)4-5-12(19)20/h2-3,6H,4-5,7H2,1H3,(H,17,18)(H,19,20). The molecule has 21 heavy (non-hydrogen) atoms. The van der Waals surface area contributed by atoms with Crippen LogP contribution in [0, 0.1) is 0 Å². The van der Waals surface area contributed by atoms with Crippen molar-refractivity contribution in [3.63, 3.8) is 0 Å². The van der Waals surface area contributed by atoms with E-state index in [0.717, 1.165) is 6.07 Å². The second-order valence-corrected chi connectivity index (χ2v) is 4.19. The van der Waals surface area contributed by atoms with Gasteiger partial charge in [-0.1, -0.05) is 6.07 Å². The Labute approximate surface area is 118 Å². The van der Waals surface area contributed by atoms with Gasteiger partial charge in [-0.25, -0.2) is 0 Å². The summed E-state index contributed by atoms with van der Waals surface area (Å²) in [5, 5.41) is 10.7. The predicted molar refractivity (Wildman–Crippen MR) is 66.7 cm³/mol. The van der Waals surface area contributed by atoms with Gasteiger partial charge in [0.2, 0.25) is 5.91 Å². The normalized spacial score (nSPS) is 11.0. The molecule has 0 unspecified atom stereocenters.